The van der Waals surface area contributed by atoms with Crippen molar-refractivity contribution < 1.29 is 0 Å². The zero-order valence-corrected chi connectivity index (χ0v) is 13.3. The first-order valence-electron chi connectivity index (χ1n) is 7.34. The van der Waals surface area contributed by atoms with Crippen molar-refractivity contribution in [3.05, 3.63) is 42.1 Å². The van der Waals surface area contributed by atoms with Gasteiger partial charge in [-0.25, -0.2) is 9.97 Å². The van der Waals surface area contributed by atoms with Crippen molar-refractivity contribution >= 4 is 5.82 Å². The highest BCUT2D eigenvalue weighted by Gasteiger charge is 2.15. The molecule has 0 spiro atoms. The molecular weight excluding hydrogens is 292 g/mol. The van der Waals surface area contributed by atoms with Crippen LogP contribution in [0.1, 0.15) is 24.4 Å². The first kappa shape index (κ1) is 15.0. The van der Waals surface area contributed by atoms with E-state index in [1.165, 1.54) is 0 Å². The number of hydrogen-bond donors (Lipinski definition) is 1. The fourth-order valence-corrected chi connectivity index (χ4v) is 2.34. The summed E-state index contributed by atoms with van der Waals surface area (Å²) in [4.78, 5) is 15.3. The van der Waals surface area contributed by atoms with E-state index in [0.717, 1.165) is 23.6 Å². The molecule has 0 bridgehead atoms. The number of H-pyrrole nitrogens is 1. The fraction of sp³-hybridized carbons (Fsp3) is 0.333. The van der Waals surface area contributed by atoms with Crippen molar-refractivity contribution in [2.75, 3.05) is 18.5 Å². The normalized spacial score (nSPS) is 12.1. The molecule has 0 aliphatic rings. The zero-order valence-electron chi connectivity index (χ0n) is 13.3. The number of aromatic amines is 1. The van der Waals surface area contributed by atoms with Gasteiger partial charge in [0.2, 0.25) is 0 Å². The summed E-state index contributed by atoms with van der Waals surface area (Å²) in [5.41, 5.74) is 1.87. The van der Waals surface area contributed by atoms with Gasteiger partial charge in [0.25, 0.3) is 0 Å². The Morgan fingerprint density at radius 3 is 2.70 bits per heavy atom. The van der Waals surface area contributed by atoms with Gasteiger partial charge in [-0.05, 0) is 19.1 Å². The summed E-state index contributed by atoms with van der Waals surface area (Å²) in [6.45, 7) is 4.75. The highest BCUT2D eigenvalue weighted by atomic mass is 15.5. The third-order valence-corrected chi connectivity index (χ3v) is 3.52. The molecule has 0 aliphatic carbocycles. The van der Waals surface area contributed by atoms with Gasteiger partial charge in [-0.1, -0.05) is 12.1 Å². The van der Waals surface area contributed by atoms with Crippen LogP contribution in [0.4, 0.5) is 5.82 Å². The lowest BCUT2D eigenvalue weighted by atomic mass is 10.1. The van der Waals surface area contributed by atoms with E-state index in [2.05, 4.69) is 47.4 Å². The van der Waals surface area contributed by atoms with Gasteiger partial charge < -0.3 is 4.90 Å². The molecule has 0 saturated carbocycles. The minimum Gasteiger partial charge on any atom is -0.359 e. The number of aromatic nitrogens is 7. The summed E-state index contributed by atoms with van der Waals surface area (Å²) in [7, 11) is 1.99. The summed E-state index contributed by atoms with van der Waals surface area (Å²) in [6, 6.07) is 5.77. The number of aryl methyl sites for hydroxylation is 1. The highest BCUT2D eigenvalue weighted by Crippen LogP contribution is 2.20. The molecule has 0 fully saturated rings. The van der Waals surface area contributed by atoms with Gasteiger partial charge in [-0.3, -0.25) is 4.98 Å². The zero-order chi connectivity index (χ0) is 16.2. The molecule has 1 N–H and O–H groups in total. The van der Waals surface area contributed by atoms with Crippen LogP contribution in [0.2, 0.25) is 0 Å². The number of nitrogens with one attached hydrogen (secondary N) is 1. The third-order valence-electron chi connectivity index (χ3n) is 3.52. The largest absolute Gasteiger partial charge is 0.359 e. The molecular formula is C15H18N8. The van der Waals surface area contributed by atoms with Crippen LogP contribution < -0.4 is 4.90 Å². The first-order valence-corrected chi connectivity index (χ1v) is 7.34. The predicted octanol–water partition coefficient (Wildman–Crippen LogP) is 1.60. The average molecular weight is 310 g/mol. The molecule has 8 heteroatoms. The topological polar surface area (TPSA) is 96.4 Å². The highest BCUT2D eigenvalue weighted by molar-refractivity contribution is 5.57. The Bertz CT molecular complexity index is 756. The molecule has 0 saturated heterocycles. The van der Waals surface area contributed by atoms with Gasteiger partial charge in [0.1, 0.15) is 5.82 Å². The SMILES string of the molecule is Cc1cc(N(C)C[C@@H](C)c2nn[nH]n2)nc(-c2ccncc2)n1. The van der Waals surface area contributed by atoms with Crippen LogP contribution in [0.5, 0.6) is 0 Å². The van der Waals surface area contributed by atoms with Crippen LogP contribution in [-0.2, 0) is 0 Å². The van der Waals surface area contributed by atoms with Crippen LogP contribution in [0.25, 0.3) is 11.4 Å². The second-order valence-electron chi connectivity index (χ2n) is 5.48. The lowest BCUT2D eigenvalue weighted by molar-refractivity contribution is 0.681. The van der Waals surface area contributed by atoms with Crippen LogP contribution in [-0.4, -0.2) is 49.2 Å². The van der Waals surface area contributed by atoms with E-state index in [1.54, 1.807) is 12.4 Å². The van der Waals surface area contributed by atoms with E-state index in [1.807, 2.05) is 32.2 Å². The number of pyridine rings is 1. The number of nitrogens with zero attached hydrogens (tertiary/aromatic N) is 7. The molecule has 3 rings (SSSR count). The fourth-order valence-electron chi connectivity index (χ4n) is 2.34. The lowest BCUT2D eigenvalue weighted by Gasteiger charge is -2.21. The van der Waals surface area contributed by atoms with Gasteiger partial charge >= 0.3 is 0 Å². The Balaban J connectivity index is 1.83. The number of tetrazole rings is 1. The first-order chi connectivity index (χ1) is 11.1. The molecule has 0 amide bonds. The maximum absolute atomic E-state index is 4.66. The van der Waals surface area contributed by atoms with E-state index in [9.17, 15) is 0 Å². The Labute approximate surface area is 134 Å². The second-order valence-corrected chi connectivity index (χ2v) is 5.48. The minimum absolute atomic E-state index is 0.137. The molecule has 1 atom stereocenters. The molecule has 0 unspecified atom stereocenters. The lowest BCUT2D eigenvalue weighted by Crippen LogP contribution is -2.25. The summed E-state index contributed by atoms with van der Waals surface area (Å²) >= 11 is 0. The molecule has 0 aliphatic heterocycles. The summed E-state index contributed by atoms with van der Waals surface area (Å²) < 4.78 is 0. The van der Waals surface area contributed by atoms with E-state index in [4.69, 9.17) is 0 Å². The van der Waals surface area contributed by atoms with Crippen LogP contribution in [0.3, 0.4) is 0 Å². The van der Waals surface area contributed by atoms with Gasteiger partial charge in [-0.2, -0.15) is 5.21 Å². The second kappa shape index (κ2) is 6.47. The molecule has 23 heavy (non-hydrogen) atoms. The van der Waals surface area contributed by atoms with E-state index in [-0.39, 0.29) is 5.92 Å². The third kappa shape index (κ3) is 3.47. The Morgan fingerprint density at radius 1 is 1.22 bits per heavy atom. The van der Waals surface area contributed by atoms with Crippen molar-refractivity contribution in [1.29, 1.82) is 0 Å². The van der Waals surface area contributed by atoms with Crippen molar-refractivity contribution in [2.45, 2.75) is 19.8 Å². The standard InChI is InChI=1S/C15H18N8/c1-10(14-19-21-22-20-14)9-23(3)13-8-11(2)17-15(18-13)12-4-6-16-7-5-12/h4-8,10H,9H2,1-3H3,(H,19,20,21,22)/t10-/m1/s1. The summed E-state index contributed by atoms with van der Waals surface area (Å²) in [5, 5.41) is 14.2. The maximum atomic E-state index is 4.66. The summed E-state index contributed by atoms with van der Waals surface area (Å²) in [6.07, 6.45) is 3.48. The minimum atomic E-state index is 0.137. The van der Waals surface area contributed by atoms with Crippen molar-refractivity contribution in [1.82, 2.24) is 35.6 Å². The number of likely N-dealkylation sites (N-methyl/N-ethyl adjacent to an activating group) is 1. The Kier molecular flexibility index (Phi) is 4.22. The number of rotatable bonds is 5. The molecule has 3 heterocycles. The molecule has 8 nitrogen and oxygen atoms in total. The Hall–Kier alpha value is -2.90. The molecule has 3 aromatic heterocycles. The summed E-state index contributed by atoms with van der Waals surface area (Å²) in [5.74, 6) is 2.39. The van der Waals surface area contributed by atoms with E-state index < -0.39 is 0 Å². The molecule has 118 valence electrons. The van der Waals surface area contributed by atoms with Crippen molar-refractivity contribution in [2.24, 2.45) is 0 Å². The number of anilines is 1. The predicted molar refractivity (Wildman–Crippen MR) is 85.9 cm³/mol. The van der Waals surface area contributed by atoms with Gasteiger partial charge in [-0.15, -0.1) is 10.2 Å². The van der Waals surface area contributed by atoms with E-state index in [0.29, 0.717) is 11.6 Å². The van der Waals surface area contributed by atoms with Gasteiger partial charge in [0, 0.05) is 49.2 Å². The van der Waals surface area contributed by atoms with Crippen molar-refractivity contribution in [3.63, 3.8) is 0 Å². The average Bonchev–Trinajstić information content (AvgIpc) is 3.09. The quantitative estimate of drug-likeness (QED) is 0.764. The Morgan fingerprint density at radius 2 is 2.00 bits per heavy atom. The molecule has 0 radical (unpaired) electrons. The van der Waals surface area contributed by atoms with Gasteiger partial charge in [0.05, 0.1) is 0 Å². The van der Waals surface area contributed by atoms with Crippen LogP contribution in [0.15, 0.2) is 30.6 Å². The van der Waals surface area contributed by atoms with E-state index >= 15 is 0 Å². The maximum Gasteiger partial charge on any atom is 0.179 e. The van der Waals surface area contributed by atoms with Gasteiger partial charge in [0.15, 0.2) is 11.6 Å². The number of hydrogen-bond acceptors (Lipinski definition) is 7. The monoisotopic (exact) mass is 310 g/mol. The molecule has 0 aromatic carbocycles. The van der Waals surface area contributed by atoms with Crippen molar-refractivity contribution in [3.8, 4) is 11.4 Å². The van der Waals surface area contributed by atoms with Crippen LogP contribution >= 0.6 is 0 Å². The smallest absolute Gasteiger partial charge is 0.179 e. The molecule has 3 aromatic rings. The van der Waals surface area contributed by atoms with Crippen LogP contribution in [0, 0.1) is 6.92 Å².